The molecule has 1 aromatic heterocycles. The van der Waals surface area contributed by atoms with Gasteiger partial charge in [-0.2, -0.15) is 0 Å². The Balaban J connectivity index is 2.10. The third-order valence-electron chi connectivity index (χ3n) is 2.92. The molecule has 0 aliphatic heterocycles. The van der Waals surface area contributed by atoms with E-state index in [0.29, 0.717) is 24.8 Å². The van der Waals surface area contributed by atoms with Crippen LogP contribution in [0.3, 0.4) is 0 Å². The first-order valence-corrected chi connectivity index (χ1v) is 8.47. The summed E-state index contributed by atoms with van der Waals surface area (Å²) < 4.78 is 11.0. The molecule has 0 fully saturated rings. The predicted octanol–water partition coefficient (Wildman–Crippen LogP) is 3.88. The van der Waals surface area contributed by atoms with Crippen molar-refractivity contribution < 1.29 is 19.1 Å². The Morgan fingerprint density at radius 1 is 1.33 bits per heavy atom. The number of hydrogen-bond donors (Lipinski definition) is 1. The first kappa shape index (κ1) is 18.1. The van der Waals surface area contributed by atoms with Crippen molar-refractivity contribution in [2.45, 2.75) is 32.4 Å². The predicted molar refractivity (Wildman–Crippen MR) is 91.9 cm³/mol. The molecular formula is C17H20N2O4S. The number of hydrogen-bond acceptors (Lipinski definition) is 6. The number of aromatic nitrogens is 2. The molecule has 0 spiro atoms. The molecule has 0 saturated heterocycles. The van der Waals surface area contributed by atoms with Crippen LogP contribution in [0.1, 0.15) is 32.2 Å². The van der Waals surface area contributed by atoms with E-state index in [9.17, 15) is 9.90 Å². The fourth-order valence-corrected chi connectivity index (χ4v) is 2.42. The van der Waals surface area contributed by atoms with Gasteiger partial charge in [-0.05, 0) is 41.5 Å². The average Bonchev–Trinajstić information content (AvgIpc) is 3.01. The summed E-state index contributed by atoms with van der Waals surface area (Å²) in [6.45, 7) is 6.69. The smallest absolute Gasteiger partial charge is 0.342 e. The van der Waals surface area contributed by atoms with E-state index in [2.05, 4.69) is 24.0 Å². The molecule has 0 bridgehead atoms. The zero-order valence-corrected chi connectivity index (χ0v) is 14.7. The molecule has 2 aromatic rings. The first-order chi connectivity index (χ1) is 11.5. The number of carboxylic acid groups (broad SMARTS) is 1. The summed E-state index contributed by atoms with van der Waals surface area (Å²) in [4.78, 5) is 11.5. The van der Waals surface area contributed by atoms with Crippen molar-refractivity contribution in [3.63, 3.8) is 0 Å². The molecule has 7 heteroatoms. The van der Waals surface area contributed by atoms with Crippen LogP contribution in [-0.4, -0.2) is 27.9 Å². The normalized spacial score (nSPS) is 11.8. The molecule has 0 atom stereocenters. The van der Waals surface area contributed by atoms with Crippen molar-refractivity contribution in [2.24, 2.45) is 5.92 Å². The number of aryl methyl sites for hydroxylation is 1. The van der Waals surface area contributed by atoms with Gasteiger partial charge in [0.05, 0.1) is 6.61 Å². The second kappa shape index (κ2) is 8.54. The van der Waals surface area contributed by atoms with Gasteiger partial charge in [-0.15, -0.1) is 10.2 Å². The minimum absolute atomic E-state index is 0.108. The quantitative estimate of drug-likeness (QED) is 0.572. The number of rotatable bonds is 8. The highest BCUT2D eigenvalue weighted by molar-refractivity contribution is 8.03. The number of aliphatic carboxylic acids is 1. The van der Waals surface area contributed by atoms with E-state index in [4.69, 9.17) is 9.15 Å². The Kier molecular flexibility index (Phi) is 6.43. The van der Waals surface area contributed by atoms with E-state index >= 15 is 0 Å². The molecule has 0 radical (unpaired) electrons. The lowest BCUT2D eigenvalue weighted by atomic mass is 10.2. The Labute approximate surface area is 144 Å². The fraction of sp³-hybridized carbons (Fsp3) is 0.353. The molecule has 0 saturated carbocycles. The van der Waals surface area contributed by atoms with Gasteiger partial charge in [0.15, 0.2) is 0 Å². The maximum absolute atomic E-state index is 11.4. The van der Waals surface area contributed by atoms with Crippen molar-refractivity contribution in [3.05, 3.63) is 40.6 Å². The number of thioether (sulfide) groups is 1. The second-order valence-electron chi connectivity index (χ2n) is 5.50. The summed E-state index contributed by atoms with van der Waals surface area (Å²) in [5.74, 6) is 0.641. The van der Waals surface area contributed by atoms with Crippen LogP contribution in [0, 0.1) is 5.92 Å². The van der Waals surface area contributed by atoms with Gasteiger partial charge in [0.2, 0.25) is 5.89 Å². The molecule has 6 nitrogen and oxygen atoms in total. The van der Waals surface area contributed by atoms with Crippen LogP contribution in [0.15, 0.2) is 38.8 Å². The number of carbonyl (C=O) groups is 1. The van der Waals surface area contributed by atoms with Gasteiger partial charge in [0, 0.05) is 6.42 Å². The molecule has 0 aliphatic rings. The van der Waals surface area contributed by atoms with Gasteiger partial charge in [0.1, 0.15) is 10.7 Å². The lowest BCUT2D eigenvalue weighted by Gasteiger charge is -2.08. The van der Waals surface area contributed by atoms with Crippen molar-refractivity contribution in [1.82, 2.24) is 10.2 Å². The molecule has 0 aliphatic carbocycles. The molecule has 1 N–H and O–H groups in total. The van der Waals surface area contributed by atoms with Crippen molar-refractivity contribution in [3.8, 4) is 5.75 Å². The zero-order chi connectivity index (χ0) is 17.5. The summed E-state index contributed by atoms with van der Waals surface area (Å²) in [5, 5.41) is 17.2. The molecule has 0 unspecified atom stereocenters. The molecule has 24 heavy (non-hydrogen) atoms. The minimum Gasteiger partial charge on any atom is -0.493 e. The Morgan fingerprint density at radius 2 is 2.04 bits per heavy atom. The average molecular weight is 348 g/mol. The van der Waals surface area contributed by atoms with Gasteiger partial charge in [0.25, 0.3) is 5.22 Å². The van der Waals surface area contributed by atoms with Gasteiger partial charge in [-0.1, -0.05) is 32.9 Å². The van der Waals surface area contributed by atoms with Crippen LogP contribution in [0.4, 0.5) is 0 Å². The Bertz CT molecular complexity index is 708. The first-order valence-electron chi connectivity index (χ1n) is 7.66. The van der Waals surface area contributed by atoms with Crippen LogP contribution in [-0.2, 0) is 11.2 Å². The maximum atomic E-state index is 11.4. The minimum atomic E-state index is -1.05. The fourth-order valence-electron chi connectivity index (χ4n) is 1.73. The van der Waals surface area contributed by atoms with Crippen molar-refractivity contribution in [2.75, 3.05) is 6.61 Å². The zero-order valence-electron chi connectivity index (χ0n) is 13.9. The Hall–Kier alpha value is -2.28. The highest BCUT2D eigenvalue weighted by atomic mass is 32.2. The number of benzene rings is 1. The summed E-state index contributed by atoms with van der Waals surface area (Å²) in [5.41, 5.74) is 0.757. The third kappa shape index (κ3) is 5.42. The largest absolute Gasteiger partial charge is 0.493 e. The van der Waals surface area contributed by atoms with Gasteiger partial charge in [-0.3, -0.25) is 0 Å². The summed E-state index contributed by atoms with van der Waals surface area (Å²) in [6.07, 6.45) is 2.17. The van der Waals surface area contributed by atoms with Crippen LogP contribution in [0.5, 0.6) is 5.75 Å². The standard InChI is InChI=1S/C17H20N2O4S/c1-4-15-18-19-17(23-15)24-14(16(20)21)9-12-5-7-13(8-6-12)22-10-11(2)3/h5-9,11H,4,10H2,1-3H3,(H,20,21)/b14-9+. The molecule has 1 heterocycles. The topological polar surface area (TPSA) is 85.5 Å². The number of nitrogens with zero attached hydrogens (tertiary/aromatic N) is 2. The second-order valence-corrected chi connectivity index (χ2v) is 6.50. The molecule has 2 rings (SSSR count). The lowest BCUT2D eigenvalue weighted by Crippen LogP contribution is -2.04. The van der Waals surface area contributed by atoms with Gasteiger partial charge < -0.3 is 14.3 Å². The molecular weight excluding hydrogens is 328 g/mol. The van der Waals surface area contributed by atoms with E-state index < -0.39 is 5.97 Å². The van der Waals surface area contributed by atoms with Crippen LogP contribution < -0.4 is 4.74 Å². The van der Waals surface area contributed by atoms with E-state index in [1.54, 1.807) is 6.08 Å². The Morgan fingerprint density at radius 3 is 2.58 bits per heavy atom. The van der Waals surface area contributed by atoms with Gasteiger partial charge in [-0.25, -0.2) is 4.79 Å². The van der Waals surface area contributed by atoms with Crippen molar-refractivity contribution >= 4 is 23.8 Å². The SMILES string of the molecule is CCc1nnc(S/C(=C/c2ccc(OCC(C)C)cc2)C(=O)O)o1. The van der Waals surface area contributed by atoms with E-state index in [0.717, 1.165) is 23.1 Å². The molecule has 1 aromatic carbocycles. The number of carboxylic acids is 1. The van der Waals surface area contributed by atoms with Gasteiger partial charge >= 0.3 is 5.97 Å². The van der Waals surface area contributed by atoms with Crippen LogP contribution in [0.2, 0.25) is 0 Å². The third-order valence-corrected chi connectivity index (χ3v) is 3.77. The lowest BCUT2D eigenvalue weighted by molar-refractivity contribution is -0.131. The molecule has 128 valence electrons. The summed E-state index contributed by atoms with van der Waals surface area (Å²) in [6, 6.07) is 7.26. The molecule has 0 amide bonds. The van der Waals surface area contributed by atoms with Crippen molar-refractivity contribution in [1.29, 1.82) is 0 Å². The summed E-state index contributed by atoms with van der Waals surface area (Å²) in [7, 11) is 0. The van der Waals surface area contributed by atoms with E-state index in [1.807, 2.05) is 31.2 Å². The highest BCUT2D eigenvalue weighted by Gasteiger charge is 2.14. The number of ether oxygens (including phenoxy) is 1. The maximum Gasteiger partial charge on any atom is 0.342 e. The monoisotopic (exact) mass is 348 g/mol. The van der Waals surface area contributed by atoms with Crippen LogP contribution in [0.25, 0.3) is 6.08 Å². The highest BCUT2D eigenvalue weighted by Crippen LogP contribution is 2.28. The van der Waals surface area contributed by atoms with E-state index in [-0.39, 0.29) is 10.1 Å². The van der Waals surface area contributed by atoms with E-state index in [1.165, 1.54) is 0 Å². The van der Waals surface area contributed by atoms with Crippen LogP contribution >= 0.6 is 11.8 Å². The summed E-state index contributed by atoms with van der Waals surface area (Å²) >= 11 is 0.936.